The second kappa shape index (κ2) is 33.4. The Morgan fingerprint density at radius 3 is 1.26 bits per heavy atom. The second-order valence-corrected chi connectivity index (χ2v) is 10.5. The molecule has 0 atom stereocenters. The van der Waals surface area contributed by atoms with Gasteiger partial charge in [-0.3, -0.25) is 9.69 Å². The Kier molecular flexibility index (Phi) is 34.9. The van der Waals surface area contributed by atoms with Crippen LogP contribution >= 0.6 is 0 Å². The van der Waals surface area contributed by atoms with Gasteiger partial charge in [0, 0.05) is 13.1 Å². The molecule has 0 aromatic heterocycles. The molecule has 0 saturated carbocycles. The van der Waals surface area contributed by atoms with Gasteiger partial charge in [0.2, 0.25) is 0 Å². The number of hydrogen-bond donors (Lipinski definition) is 2. The van der Waals surface area contributed by atoms with Crippen LogP contribution < -0.4 is 5.32 Å². The number of hydrogen-bond acceptors (Lipinski definition) is 3. The van der Waals surface area contributed by atoms with Gasteiger partial charge >= 0.3 is 5.97 Å². The number of unbranched alkanes of at least 4 members (excludes halogenated alkanes) is 20. The molecular formula is C31H66N2O2. The number of carboxylic acid groups (broad SMARTS) is 1. The minimum absolute atomic E-state index is 0.346. The van der Waals surface area contributed by atoms with Crippen LogP contribution in [0.3, 0.4) is 0 Å². The Morgan fingerprint density at radius 2 is 0.914 bits per heavy atom. The third-order valence-electron chi connectivity index (χ3n) is 6.87. The maximum Gasteiger partial charge on any atom is 0.303 e. The lowest BCUT2D eigenvalue weighted by Crippen LogP contribution is -2.31. The molecule has 0 aromatic rings. The van der Waals surface area contributed by atoms with Crippen molar-refractivity contribution >= 4 is 5.97 Å². The van der Waals surface area contributed by atoms with Gasteiger partial charge in [-0.15, -0.1) is 0 Å². The molecule has 0 aliphatic carbocycles. The Bertz CT molecular complexity index is 390. The van der Waals surface area contributed by atoms with Crippen LogP contribution in [0.2, 0.25) is 0 Å². The van der Waals surface area contributed by atoms with Crippen LogP contribution in [0.5, 0.6) is 0 Å². The lowest BCUT2D eigenvalue weighted by Gasteiger charge is -2.14. The first kappa shape index (κ1) is 36.5. The summed E-state index contributed by atoms with van der Waals surface area (Å²) in [6.45, 7) is 10.0. The van der Waals surface area contributed by atoms with E-state index in [0.29, 0.717) is 6.42 Å². The molecule has 0 bridgehead atoms. The van der Waals surface area contributed by atoms with E-state index < -0.39 is 5.97 Å². The summed E-state index contributed by atoms with van der Waals surface area (Å²) in [6, 6.07) is 0. The molecular weight excluding hydrogens is 432 g/mol. The van der Waals surface area contributed by atoms with Crippen LogP contribution in [0.4, 0.5) is 0 Å². The van der Waals surface area contributed by atoms with Crippen LogP contribution in [0, 0.1) is 0 Å². The molecule has 0 fully saturated rings. The highest BCUT2D eigenvalue weighted by Crippen LogP contribution is 2.14. The van der Waals surface area contributed by atoms with Crippen molar-refractivity contribution in [2.24, 2.45) is 0 Å². The van der Waals surface area contributed by atoms with E-state index >= 15 is 0 Å². The Labute approximate surface area is 221 Å². The van der Waals surface area contributed by atoms with Crippen molar-refractivity contribution in [1.82, 2.24) is 10.2 Å². The molecule has 0 unspecified atom stereocenters. The minimum atomic E-state index is -0.651. The topological polar surface area (TPSA) is 52.6 Å². The van der Waals surface area contributed by atoms with E-state index in [1.807, 2.05) is 0 Å². The molecule has 2 N–H and O–H groups in total. The van der Waals surface area contributed by atoms with Crippen molar-refractivity contribution in [1.29, 1.82) is 0 Å². The molecule has 4 heteroatoms. The number of aliphatic carboxylic acids is 1. The van der Waals surface area contributed by atoms with Gasteiger partial charge in [0.1, 0.15) is 0 Å². The summed E-state index contributed by atoms with van der Waals surface area (Å²) < 4.78 is 0. The maximum atomic E-state index is 10.4. The van der Waals surface area contributed by atoms with Crippen LogP contribution in [0.25, 0.3) is 0 Å². The second-order valence-electron chi connectivity index (χ2n) is 10.5. The monoisotopic (exact) mass is 499 g/mol. The lowest BCUT2D eigenvalue weighted by molar-refractivity contribution is -0.137. The van der Waals surface area contributed by atoms with E-state index in [1.165, 1.54) is 128 Å². The fourth-order valence-corrected chi connectivity index (χ4v) is 4.24. The van der Waals surface area contributed by atoms with Crippen molar-refractivity contribution < 1.29 is 9.90 Å². The normalized spacial score (nSPS) is 11.0. The predicted molar refractivity (Wildman–Crippen MR) is 156 cm³/mol. The van der Waals surface area contributed by atoms with Gasteiger partial charge in [-0.25, -0.2) is 0 Å². The highest BCUT2D eigenvalue weighted by atomic mass is 16.4. The third-order valence-corrected chi connectivity index (χ3v) is 6.87. The zero-order chi connectivity index (χ0) is 26.2. The van der Waals surface area contributed by atoms with E-state index in [0.717, 1.165) is 32.6 Å². The summed E-state index contributed by atoms with van der Waals surface area (Å²) in [5.41, 5.74) is 0. The van der Waals surface area contributed by atoms with Crippen LogP contribution in [-0.4, -0.2) is 42.8 Å². The van der Waals surface area contributed by atoms with Crippen molar-refractivity contribution in [2.75, 3.05) is 26.8 Å². The van der Waals surface area contributed by atoms with Gasteiger partial charge < -0.3 is 10.4 Å². The molecule has 4 nitrogen and oxygen atoms in total. The SMILES string of the molecule is CCCCCCCCCCCCCCCCCCCCCC(=O)O.CCCCCNCN(C)CC. The summed E-state index contributed by atoms with van der Waals surface area (Å²) in [5, 5.41) is 12.0. The Hall–Kier alpha value is -0.610. The molecule has 212 valence electrons. The summed E-state index contributed by atoms with van der Waals surface area (Å²) >= 11 is 0. The summed E-state index contributed by atoms with van der Waals surface area (Å²) in [5.74, 6) is -0.651. The number of carboxylic acids is 1. The van der Waals surface area contributed by atoms with Crippen molar-refractivity contribution in [2.45, 2.75) is 168 Å². The Morgan fingerprint density at radius 1 is 0.571 bits per heavy atom. The summed E-state index contributed by atoms with van der Waals surface area (Å²) in [7, 11) is 2.13. The van der Waals surface area contributed by atoms with Gasteiger partial charge in [-0.05, 0) is 33.0 Å². The smallest absolute Gasteiger partial charge is 0.303 e. The van der Waals surface area contributed by atoms with E-state index in [4.69, 9.17) is 5.11 Å². The number of carbonyl (C=O) groups is 1. The first-order valence-corrected chi connectivity index (χ1v) is 15.7. The number of nitrogens with zero attached hydrogens (tertiary/aromatic N) is 1. The molecule has 0 amide bonds. The molecule has 0 saturated heterocycles. The first-order chi connectivity index (χ1) is 17.1. The van der Waals surface area contributed by atoms with Crippen molar-refractivity contribution in [3.63, 3.8) is 0 Å². The average molecular weight is 499 g/mol. The molecule has 0 radical (unpaired) electrons. The molecule has 0 aromatic carbocycles. The molecule has 0 rings (SSSR count). The van der Waals surface area contributed by atoms with Crippen molar-refractivity contribution in [3.8, 4) is 0 Å². The average Bonchev–Trinajstić information content (AvgIpc) is 2.85. The van der Waals surface area contributed by atoms with Crippen LogP contribution in [-0.2, 0) is 4.79 Å². The molecule has 35 heavy (non-hydrogen) atoms. The quantitative estimate of drug-likeness (QED) is 0.0874. The van der Waals surface area contributed by atoms with E-state index in [-0.39, 0.29) is 0 Å². The predicted octanol–water partition coefficient (Wildman–Crippen LogP) is 9.57. The van der Waals surface area contributed by atoms with Crippen molar-refractivity contribution in [3.05, 3.63) is 0 Å². The Balaban J connectivity index is 0. The standard InChI is InChI=1S/C22H44O2.C9H22N2/c1-2-3-4-5-6-7-8-9-10-11-12-13-14-15-16-17-18-19-20-21-22(23)24;1-4-6-7-8-10-9-11(3)5-2/h2-21H2,1H3,(H,23,24);10H,4-9H2,1-3H3. The number of rotatable bonds is 27. The van der Waals surface area contributed by atoms with Crippen LogP contribution in [0.15, 0.2) is 0 Å². The summed E-state index contributed by atoms with van der Waals surface area (Å²) in [6.07, 6.45) is 30.1. The first-order valence-electron chi connectivity index (χ1n) is 15.7. The molecule has 0 aliphatic heterocycles. The van der Waals surface area contributed by atoms with E-state index in [9.17, 15) is 4.79 Å². The fourth-order valence-electron chi connectivity index (χ4n) is 4.24. The number of nitrogens with one attached hydrogen (secondary N) is 1. The largest absolute Gasteiger partial charge is 0.481 e. The van der Waals surface area contributed by atoms with Gasteiger partial charge in [0.05, 0.1) is 0 Å². The lowest BCUT2D eigenvalue weighted by atomic mass is 10.0. The van der Waals surface area contributed by atoms with E-state index in [2.05, 4.69) is 38.0 Å². The maximum absolute atomic E-state index is 10.4. The van der Waals surface area contributed by atoms with Crippen LogP contribution in [0.1, 0.15) is 168 Å². The van der Waals surface area contributed by atoms with Gasteiger partial charge in [0.15, 0.2) is 0 Å². The van der Waals surface area contributed by atoms with Gasteiger partial charge in [-0.2, -0.15) is 0 Å². The van der Waals surface area contributed by atoms with Gasteiger partial charge in [0.25, 0.3) is 0 Å². The molecule has 0 aliphatic rings. The minimum Gasteiger partial charge on any atom is -0.481 e. The third kappa shape index (κ3) is 38.1. The highest BCUT2D eigenvalue weighted by molar-refractivity contribution is 5.66. The highest BCUT2D eigenvalue weighted by Gasteiger charge is 1.97. The van der Waals surface area contributed by atoms with Gasteiger partial charge in [-0.1, -0.05) is 149 Å². The summed E-state index contributed by atoms with van der Waals surface area (Å²) in [4.78, 5) is 12.7. The molecule has 0 heterocycles. The molecule has 0 spiro atoms. The van der Waals surface area contributed by atoms with E-state index in [1.54, 1.807) is 0 Å². The zero-order valence-electron chi connectivity index (χ0n) is 24.7. The zero-order valence-corrected chi connectivity index (χ0v) is 24.7. The fraction of sp³-hybridized carbons (Fsp3) is 0.968.